The van der Waals surface area contributed by atoms with Crippen molar-refractivity contribution in [1.82, 2.24) is 5.32 Å². The zero-order valence-electron chi connectivity index (χ0n) is 9.03. The summed E-state index contributed by atoms with van der Waals surface area (Å²) in [6, 6.07) is 0.217. The van der Waals surface area contributed by atoms with Gasteiger partial charge in [-0.05, 0) is 19.8 Å². The Kier molecular flexibility index (Phi) is 5.06. The van der Waals surface area contributed by atoms with E-state index in [1.54, 1.807) is 6.26 Å². The predicted molar refractivity (Wildman–Crippen MR) is 59.8 cm³/mol. The molecule has 0 amide bonds. The van der Waals surface area contributed by atoms with E-state index in [1.807, 2.05) is 6.92 Å². The van der Waals surface area contributed by atoms with Crippen LogP contribution in [-0.2, 0) is 10.8 Å². The fourth-order valence-corrected chi connectivity index (χ4v) is 2.12. The summed E-state index contributed by atoms with van der Waals surface area (Å²) in [5.41, 5.74) is 0. The van der Waals surface area contributed by atoms with E-state index >= 15 is 0 Å². The third-order valence-electron chi connectivity index (χ3n) is 2.96. The van der Waals surface area contributed by atoms with Crippen molar-refractivity contribution in [2.24, 2.45) is 0 Å². The van der Waals surface area contributed by atoms with Gasteiger partial charge < -0.3 is 10.4 Å². The normalized spacial score (nSPS) is 32.5. The number of hydrogen-bond acceptors (Lipinski definition) is 3. The van der Waals surface area contributed by atoms with Crippen molar-refractivity contribution in [2.45, 2.75) is 50.0 Å². The summed E-state index contributed by atoms with van der Waals surface area (Å²) in [6.45, 7) is 2.71. The highest BCUT2D eigenvalue weighted by molar-refractivity contribution is 7.84. The number of aliphatic hydroxyl groups is 1. The standard InChI is InChI=1S/C10H21NO2S/c1-8(14(2)13)7-11-9-5-3-4-6-10(9)12/h8-12H,3-7H2,1-2H3/t8?,9-,10-,14?/m1/s1. The highest BCUT2D eigenvalue weighted by atomic mass is 32.2. The number of rotatable bonds is 4. The molecule has 1 saturated carbocycles. The second-order valence-corrected chi connectivity index (χ2v) is 5.98. The molecule has 0 aliphatic heterocycles. The van der Waals surface area contributed by atoms with E-state index in [-0.39, 0.29) is 17.4 Å². The molecule has 4 heteroatoms. The van der Waals surface area contributed by atoms with Gasteiger partial charge in [-0.2, -0.15) is 0 Å². The van der Waals surface area contributed by atoms with Crippen molar-refractivity contribution in [3.8, 4) is 0 Å². The summed E-state index contributed by atoms with van der Waals surface area (Å²) in [5.74, 6) is 0. The lowest BCUT2D eigenvalue weighted by molar-refractivity contribution is 0.0914. The molecular weight excluding hydrogens is 198 g/mol. The quantitative estimate of drug-likeness (QED) is 0.730. The van der Waals surface area contributed by atoms with Gasteiger partial charge in [0.2, 0.25) is 0 Å². The molecule has 14 heavy (non-hydrogen) atoms. The molecule has 0 heterocycles. The summed E-state index contributed by atoms with van der Waals surface area (Å²) in [7, 11) is -0.770. The van der Waals surface area contributed by atoms with Gasteiger partial charge in [0.1, 0.15) is 0 Å². The Labute approximate surface area is 88.7 Å². The Hall–Kier alpha value is 0.0700. The van der Waals surface area contributed by atoms with Crippen LogP contribution in [-0.4, -0.2) is 39.5 Å². The molecule has 1 fully saturated rings. The summed E-state index contributed by atoms with van der Waals surface area (Å²) in [6.07, 6.45) is 5.79. The highest BCUT2D eigenvalue weighted by Crippen LogP contribution is 2.18. The van der Waals surface area contributed by atoms with Crippen LogP contribution in [0.3, 0.4) is 0 Å². The lowest BCUT2D eigenvalue weighted by atomic mass is 9.92. The molecule has 0 spiro atoms. The predicted octanol–water partition coefficient (Wildman–Crippen LogP) is 0.646. The van der Waals surface area contributed by atoms with Crippen LogP contribution in [0.5, 0.6) is 0 Å². The maximum Gasteiger partial charge on any atom is 0.0693 e. The van der Waals surface area contributed by atoms with E-state index in [1.165, 1.54) is 6.42 Å². The van der Waals surface area contributed by atoms with Crippen molar-refractivity contribution >= 4 is 10.8 Å². The van der Waals surface area contributed by atoms with Crippen LogP contribution in [0.25, 0.3) is 0 Å². The molecule has 4 atom stereocenters. The van der Waals surface area contributed by atoms with Gasteiger partial charge in [0, 0.05) is 34.9 Å². The zero-order chi connectivity index (χ0) is 10.6. The van der Waals surface area contributed by atoms with E-state index in [0.29, 0.717) is 0 Å². The molecule has 0 aromatic rings. The minimum atomic E-state index is -0.770. The van der Waals surface area contributed by atoms with E-state index in [9.17, 15) is 9.32 Å². The lowest BCUT2D eigenvalue weighted by Gasteiger charge is -2.29. The largest absolute Gasteiger partial charge is 0.392 e. The first-order valence-electron chi connectivity index (χ1n) is 5.35. The SMILES string of the molecule is CC(CN[C@@H]1CCCC[C@H]1O)S(C)=O. The van der Waals surface area contributed by atoms with Crippen LogP contribution in [0.2, 0.25) is 0 Å². The molecule has 2 unspecified atom stereocenters. The first kappa shape index (κ1) is 12.1. The van der Waals surface area contributed by atoms with Gasteiger partial charge in [0.15, 0.2) is 0 Å². The van der Waals surface area contributed by atoms with E-state index in [2.05, 4.69) is 5.32 Å². The fourth-order valence-electron chi connectivity index (χ4n) is 1.78. The van der Waals surface area contributed by atoms with Gasteiger partial charge in [-0.3, -0.25) is 4.21 Å². The van der Waals surface area contributed by atoms with Crippen molar-refractivity contribution in [3.63, 3.8) is 0 Å². The topological polar surface area (TPSA) is 49.3 Å². The fraction of sp³-hybridized carbons (Fsp3) is 1.00. The van der Waals surface area contributed by atoms with Crippen LogP contribution in [0, 0.1) is 0 Å². The van der Waals surface area contributed by atoms with Gasteiger partial charge in [-0.1, -0.05) is 12.8 Å². The number of nitrogens with one attached hydrogen (secondary N) is 1. The molecule has 2 N–H and O–H groups in total. The Bertz CT molecular complexity index is 199. The first-order chi connectivity index (χ1) is 6.61. The van der Waals surface area contributed by atoms with Crippen molar-refractivity contribution < 1.29 is 9.32 Å². The molecule has 1 aliphatic rings. The Morgan fingerprint density at radius 3 is 2.71 bits per heavy atom. The number of hydrogen-bond donors (Lipinski definition) is 2. The van der Waals surface area contributed by atoms with E-state index in [4.69, 9.17) is 0 Å². The average Bonchev–Trinajstić information content (AvgIpc) is 2.16. The van der Waals surface area contributed by atoms with E-state index < -0.39 is 10.8 Å². The molecule has 84 valence electrons. The summed E-state index contributed by atoms with van der Waals surface area (Å²) in [4.78, 5) is 0. The average molecular weight is 219 g/mol. The third-order valence-corrected chi connectivity index (χ3v) is 4.26. The minimum absolute atomic E-state index is 0.170. The minimum Gasteiger partial charge on any atom is -0.392 e. The molecule has 0 bridgehead atoms. The van der Waals surface area contributed by atoms with Crippen molar-refractivity contribution in [1.29, 1.82) is 0 Å². The summed E-state index contributed by atoms with van der Waals surface area (Å²) >= 11 is 0. The molecular formula is C10H21NO2S. The Morgan fingerprint density at radius 1 is 1.50 bits per heavy atom. The van der Waals surface area contributed by atoms with Crippen LogP contribution in [0.4, 0.5) is 0 Å². The van der Waals surface area contributed by atoms with Gasteiger partial charge in [-0.15, -0.1) is 0 Å². The maximum absolute atomic E-state index is 11.1. The summed E-state index contributed by atoms with van der Waals surface area (Å²) < 4.78 is 11.1. The van der Waals surface area contributed by atoms with Crippen LogP contribution in [0.1, 0.15) is 32.6 Å². The van der Waals surface area contributed by atoms with Crippen molar-refractivity contribution in [3.05, 3.63) is 0 Å². The Balaban J connectivity index is 2.25. The Morgan fingerprint density at radius 2 is 2.14 bits per heavy atom. The molecule has 3 nitrogen and oxygen atoms in total. The van der Waals surface area contributed by atoms with Crippen LogP contribution >= 0.6 is 0 Å². The smallest absolute Gasteiger partial charge is 0.0693 e. The highest BCUT2D eigenvalue weighted by Gasteiger charge is 2.22. The monoisotopic (exact) mass is 219 g/mol. The van der Waals surface area contributed by atoms with Crippen LogP contribution in [0.15, 0.2) is 0 Å². The molecule has 1 rings (SSSR count). The van der Waals surface area contributed by atoms with Gasteiger partial charge in [0.05, 0.1) is 6.10 Å². The van der Waals surface area contributed by atoms with E-state index in [0.717, 1.165) is 25.8 Å². The zero-order valence-corrected chi connectivity index (χ0v) is 9.85. The molecule has 0 radical (unpaired) electrons. The third kappa shape index (κ3) is 3.67. The van der Waals surface area contributed by atoms with Gasteiger partial charge in [-0.25, -0.2) is 0 Å². The van der Waals surface area contributed by atoms with Crippen molar-refractivity contribution in [2.75, 3.05) is 12.8 Å². The molecule has 1 aliphatic carbocycles. The number of aliphatic hydroxyl groups excluding tert-OH is 1. The first-order valence-corrected chi connectivity index (χ1v) is 6.97. The lowest BCUT2D eigenvalue weighted by Crippen LogP contribution is -2.45. The van der Waals surface area contributed by atoms with Gasteiger partial charge >= 0.3 is 0 Å². The molecule has 0 aromatic carbocycles. The summed E-state index contributed by atoms with van der Waals surface area (Å²) in [5, 5.41) is 13.2. The molecule has 0 saturated heterocycles. The second kappa shape index (κ2) is 5.83. The molecule has 0 aromatic heterocycles. The van der Waals surface area contributed by atoms with Gasteiger partial charge in [0.25, 0.3) is 0 Å². The van der Waals surface area contributed by atoms with Crippen LogP contribution < -0.4 is 5.32 Å². The maximum atomic E-state index is 11.1. The second-order valence-electron chi connectivity index (χ2n) is 4.18.